The molecule has 0 radical (unpaired) electrons. The van der Waals surface area contributed by atoms with Crippen molar-refractivity contribution in [1.82, 2.24) is 30.7 Å². The number of carbonyl (C=O) groups is 4. The van der Waals surface area contributed by atoms with Crippen LogP contribution in [0.4, 0.5) is 13.2 Å². The predicted molar refractivity (Wildman–Crippen MR) is 182 cm³/mol. The van der Waals surface area contributed by atoms with Crippen LogP contribution < -0.4 is 16.0 Å². The fourth-order valence-corrected chi connectivity index (χ4v) is 8.87. The van der Waals surface area contributed by atoms with E-state index in [4.69, 9.17) is 4.98 Å². The summed E-state index contributed by atoms with van der Waals surface area (Å²) in [7, 11) is 0. The third-order valence-electron chi connectivity index (χ3n) is 10.6. The maximum atomic E-state index is 14.1. The lowest BCUT2D eigenvalue weighted by atomic mass is 9.91. The van der Waals surface area contributed by atoms with Gasteiger partial charge in [0, 0.05) is 79.9 Å². The maximum absolute atomic E-state index is 14.1. The van der Waals surface area contributed by atoms with E-state index >= 15 is 0 Å². The number of thiazole rings is 1. The number of nitrogens with one attached hydrogen (secondary N) is 3. The summed E-state index contributed by atoms with van der Waals surface area (Å²) in [4.78, 5) is 63.3. The van der Waals surface area contributed by atoms with Gasteiger partial charge in [-0.05, 0) is 82.6 Å². The number of nitrogens with zero attached hydrogens (tertiary/aromatic N) is 3. The van der Waals surface area contributed by atoms with Gasteiger partial charge in [0.15, 0.2) is 0 Å². The molecular formula is C36H47F3N6O4S. The Morgan fingerprint density at radius 3 is 2.48 bits per heavy atom. The molecule has 14 heteroatoms. The first-order chi connectivity index (χ1) is 23.9. The number of aromatic nitrogens is 1. The molecule has 50 heavy (non-hydrogen) atoms. The van der Waals surface area contributed by atoms with E-state index < -0.39 is 23.8 Å². The molecule has 4 bridgehead atoms. The van der Waals surface area contributed by atoms with Crippen molar-refractivity contribution in [3.8, 4) is 0 Å². The van der Waals surface area contributed by atoms with Crippen LogP contribution in [0.3, 0.4) is 0 Å². The minimum Gasteiger partial charge on any atom is -0.353 e. The van der Waals surface area contributed by atoms with Crippen molar-refractivity contribution in [1.29, 1.82) is 0 Å². The van der Waals surface area contributed by atoms with Gasteiger partial charge >= 0.3 is 0 Å². The smallest absolute Gasteiger partial charge is 0.251 e. The molecule has 5 aliphatic rings. The Kier molecular flexibility index (Phi) is 11.5. The van der Waals surface area contributed by atoms with Crippen molar-refractivity contribution in [2.45, 2.75) is 120 Å². The topological polar surface area (TPSA) is 124 Å². The van der Waals surface area contributed by atoms with Crippen molar-refractivity contribution in [3.63, 3.8) is 0 Å². The fourth-order valence-electron chi connectivity index (χ4n) is 7.76. The quantitative estimate of drug-likeness (QED) is 0.347. The maximum Gasteiger partial charge on any atom is 0.251 e. The van der Waals surface area contributed by atoms with Gasteiger partial charge < -0.3 is 25.8 Å². The molecule has 3 N–H and O–H groups in total. The number of benzene rings is 1. The van der Waals surface area contributed by atoms with Gasteiger partial charge in [0.1, 0.15) is 11.9 Å². The molecule has 4 amide bonds. The van der Waals surface area contributed by atoms with E-state index in [2.05, 4.69) is 16.0 Å². The molecule has 4 aliphatic heterocycles. The molecule has 0 spiro atoms. The van der Waals surface area contributed by atoms with Crippen molar-refractivity contribution in [2.24, 2.45) is 0 Å². The summed E-state index contributed by atoms with van der Waals surface area (Å²) in [6, 6.07) is 3.84. The molecule has 10 nitrogen and oxygen atoms in total. The Morgan fingerprint density at radius 1 is 1.04 bits per heavy atom. The van der Waals surface area contributed by atoms with E-state index in [9.17, 15) is 32.3 Å². The minimum atomic E-state index is -2.64. The zero-order valence-electron chi connectivity index (χ0n) is 28.5. The van der Waals surface area contributed by atoms with Gasteiger partial charge in [0.25, 0.3) is 5.91 Å². The molecule has 3 atom stereocenters. The monoisotopic (exact) mass is 716 g/mol. The molecule has 1 aromatic carbocycles. The molecule has 5 heterocycles. The van der Waals surface area contributed by atoms with Gasteiger partial charge in [-0.3, -0.25) is 19.2 Å². The highest BCUT2D eigenvalue weighted by atomic mass is 32.1. The van der Waals surface area contributed by atoms with Crippen LogP contribution in [0.15, 0.2) is 24.3 Å². The summed E-state index contributed by atoms with van der Waals surface area (Å²) in [5.74, 6) is -3.72. The van der Waals surface area contributed by atoms with Crippen LogP contribution in [-0.4, -0.2) is 94.7 Å². The summed E-state index contributed by atoms with van der Waals surface area (Å²) < 4.78 is 40.9. The number of carbonyl (C=O) groups excluding carboxylic acids is 4. The third-order valence-corrected chi connectivity index (χ3v) is 11.8. The molecule has 0 unspecified atom stereocenters. The highest BCUT2D eigenvalue weighted by Crippen LogP contribution is 2.36. The van der Waals surface area contributed by atoms with Crippen molar-refractivity contribution in [3.05, 3.63) is 51.2 Å². The largest absolute Gasteiger partial charge is 0.353 e. The molecule has 7 rings (SSSR count). The lowest BCUT2D eigenvalue weighted by Crippen LogP contribution is -2.51. The minimum absolute atomic E-state index is 0.00318. The summed E-state index contributed by atoms with van der Waals surface area (Å²) in [5.41, 5.74) is 1.09. The summed E-state index contributed by atoms with van der Waals surface area (Å²) >= 11 is 1.60. The van der Waals surface area contributed by atoms with Gasteiger partial charge in [-0.15, -0.1) is 11.3 Å². The number of hydrogen-bond acceptors (Lipinski definition) is 7. The summed E-state index contributed by atoms with van der Waals surface area (Å²) in [6.07, 6.45) is 4.07. The normalized spacial score (nSPS) is 25.1. The Balaban J connectivity index is 1.15. The van der Waals surface area contributed by atoms with Gasteiger partial charge in [-0.2, -0.15) is 0 Å². The second-order valence-electron chi connectivity index (χ2n) is 14.3. The number of fused-ring (bicyclic) bond motifs is 7. The second-order valence-corrected chi connectivity index (χ2v) is 15.6. The highest BCUT2D eigenvalue weighted by molar-refractivity contribution is 7.11. The first-order valence-corrected chi connectivity index (χ1v) is 18.8. The van der Waals surface area contributed by atoms with Gasteiger partial charge in [0.2, 0.25) is 23.6 Å². The Hall–Kier alpha value is -3.52. The molecule has 272 valence electrons. The van der Waals surface area contributed by atoms with Crippen molar-refractivity contribution < 1.29 is 32.3 Å². The molecule has 1 aliphatic carbocycles. The van der Waals surface area contributed by atoms with Crippen LogP contribution >= 0.6 is 11.3 Å². The van der Waals surface area contributed by atoms with E-state index in [0.717, 1.165) is 28.4 Å². The average Bonchev–Trinajstić information content (AvgIpc) is 3.68. The zero-order valence-corrected chi connectivity index (χ0v) is 29.3. The second kappa shape index (κ2) is 15.8. The molecule has 1 aromatic heterocycles. The fraction of sp³-hybridized carbons (Fsp3) is 0.639. The van der Waals surface area contributed by atoms with Crippen LogP contribution in [-0.2, 0) is 20.8 Å². The number of rotatable bonds is 8. The highest BCUT2D eigenvalue weighted by Gasteiger charge is 2.44. The van der Waals surface area contributed by atoms with E-state index in [0.29, 0.717) is 70.3 Å². The number of amides is 4. The predicted octanol–water partition coefficient (Wildman–Crippen LogP) is 4.46. The number of aryl methyl sites for hydroxylation is 1. The van der Waals surface area contributed by atoms with Crippen molar-refractivity contribution >= 4 is 35.0 Å². The third kappa shape index (κ3) is 9.03. The average molecular weight is 717 g/mol. The summed E-state index contributed by atoms with van der Waals surface area (Å²) in [6.45, 7) is 3.76. The van der Waals surface area contributed by atoms with Crippen LogP contribution in [0.25, 0.3) is 0 Å². The van der Waals surface area contributed by atoms with Gasteiger partial charge in [-0.25, -0.2) is 18.2 Å². The summed E-state index contributed by atoms with van der Waals surface area (Å²) in [5, 5.41) is 10.4. The van der Waals surface area contributed by atoms with Gasteiger partial charge in [-0.1, -0.05) is 0 Å². The molecule has 2 saturated heterocycles. The molecule has 1 saturated carbocycles. The van der Waals surface area contributed by atoms with E-state index in [-0.39, 0.29) is 67.3 Å². The van der Waals surface area contributed by atoms with Crippen LogP contribution in [0, 0.1) is 12.7 Å². The Bertz CT molecular complexity index is 1540. The number of piperidine rings is 1. The number of unbranched alkanes of at least 4 members (excludes halogenated alkanes) is 1. The van der Waals surface area contributed by atoms with E-state index in [1.165, 1.54) is 24.3 Å². The lowest BCUT2D eigenvalue weighted by molar-refractivity contribution is -0.145. The SMILES string of the molecule is Cc1sc2nc1CC(=O)N[C@@H](CCCCNC(=O)c1ccc(F)cc1)CC(=O)N1C[C@@H](NC3CCC(F)(F)CC3)C[C@H]1C(=O)N1CCC2CC1. The van der Waals surface area contributed by atoms with Crippen LogP contribution in [0.1, 0.15) is 102 Å². The first-order valence-electron chi connectivity index (χ1n) is 18.0. The molecule has 2 aromatic rings. The standard InChI is InChI=1S/C36H47F3N6O4S/c1-22-29-20-31(46)42-27(4-2-3-15-40-33(48)23-5-7-25(37)8-6-23)19-32(47)45-21-28(41-26-9-13-36(38,39)14-10-26)18-30(45)35(49)44-16-11-24(12-17-44)34(43-29)50-22/h5-8,24,26-28,30,41H,2-4,9-21H2,1H3,(H,40,48)(H,42,46)/t27-,28-,30-/m0/s1. The Labute approximate surface area is 294 Å². The van der Waals surface area contributed by atoms with Gasteiger partial charge in [0.05, 0.1) is 17.1 Å². The number of alkyl halides is 2. The molecular weight excluding hydrogens is 669 g/mol. The van der Waals surface area contributed by atoms with E-state index in [1.54, 1.807) is 16.2 Å². The van der Waals surface area contributed by atoms with E-state index in [1.807, 2.05) is 11.8 Å². The molecule has 3 fully saturated rings. The zero-order chi connectivity index (χ0) is 35.4. The van der Waals surface area contributed by atoms with Crippen LogP contribution in [0.2, 0.25) is 0 Å². The van der Waals surface area contributed by atoms with Crippen molar-refractivity contribution in [2.75, 3.05) is 26.2 Å². The Morgan fingerprint density at radius 2 is 1.76 bits per heavy atom. The number of hydrogen-bond donors (Lipinski definition) is 3. The first kappa shape index (κ1) is 36.3. The number of halogens is 3. The van der Waals surface area contributed by atoms with Crippen LogP contribution in [0.5, 0.6) is 0 Å². The lowest BCUT2D eigenvalue weighted by Gasteiger charge is -2.35.